The summed E-state index contributed by atoms with van der Waals surface area (Å²) in [5.74, 6) is 1.42. The minimum atomic E-state index is -0.357. The first-order valence-electron chi connectivity index (χ1n) is 7.78. The SMILES string of the molecule is CCC1CCC(CNCc2cccc(C(N)=O)c2)CC1. The van der Waals surface area contributed by atoms with E-state index in [4.69, 9.17) is 5.73 Å². The van der Waals surface area contributed by atoms with Gasteiger partial charge in [-0.3, -0.25) is 4.79 Å². The van der Waals surface area contributed by atoms with Crippen molar-refractivity contribution in [2.75, 3.05) is 6.54 Å². The van der Waals surface area contributed by atoms with Crippen LogP contribution in [0.2, 0.25) is 0 Å². The fraction of sp³-hybridized carbons (Fsp3) is 0.588. The van der Waals surface area contributed by atoms with Crippen LogP contribution in [0.15, 0.2) is 24.3 Å². The number of hydrogen-bond donors (Lipinski definition) is 2. The third-order valence-electron chi connectivity index (χ3n) is 4.52. The number of amides is 1. The van der Waals surface area contributed by atoms with Crippen molar-refractivity contribution in [2.45, 2.75) is 45.6 Å². The second-order valence-corrected chi connectivity index (χ2v) is 5.99. The fourth-order valence-electron chi connectivity index (χ4n) is 3.10. The third-order valence-corrected chi connectivity index (χ3v) is 4.52. The van der Waals surface area contributed by atoms with Gasteiger partial charge < -0.3 is 11.1 Å². The number of carbonyl (C=O) groups is 1. The minimum Gasteiger partial charge on any atom is -0.366 e. The Labute approximate surface area is 121 Å². The van der Waals surface area contributed by atoms with Gasteiger partial charge in [0.25, 0.3) is 0 Å². The summed E-state index contributed by atoms with van der Waals surface area (Å²) in [6, 6.07) is 7.57. The van der Waals surface area contributed by atoms with Crippen LogP contribution in [0.3, 0.4) is 0 Å². The zero-order chi connectivity index (χ0) is 14.4. The largest absolute Gasteiger partial charge is 0.366 e. The van der Waals surface area contributed by atoms with E-state index in [9.17, 15) is 4.79 Å². The molecule has 1 aliphatic carbocycles. The van der Waals surface area contributed by atoms with Crippen molar-refractivity contribution in [3.63, 3.8) is 0 Å². The smallest absolute Gasteiger partial charge is 0.248 e. The highest BCUT2D eigenvalue weighted by atomic mass is 16.1. The molecule has 0 atom stereocenters. The van der Waals surface area contributed by atoms with Gasteiger partial charge in [-0.05, 0) is 48.9 Å². The van der Waals surface area contributed by atoms with Crippen molar-refractivity contribution in [1.29, 1.82) is 0 Å². The standard InChI is InChI=1S/C17H26N2O/c1-2-13-6-8-14(9-7-13)11-19-12-15-4-3-5-16(10-15)17(18)20/h3-5,10,13-14,19H,2,6-9,11-12H2,1H3,(H2,18,20). The van der Waals surface area contributed by atoms with Gasteiger partial charge in [-0.25, -0.2) is 0 Å². The summed E-state index contributed by atoms with van der Waals surface area (Å²) in [6.07, 6.45) is 6.82. The Morgan fingerprint density at radius 3 is 2.60 bits per heavy atom. The van der Waals surface area contributed by atoms with E-state index in [1.54, 1.807) is 6.07 Å². The zero-order valence-electron chi connectivity index (χ0n) is 12.4. The van der Waals surface area contributed by atoms with Crippen LogP contribution in [0.1, 0.15) is 54.9 Å². The van der Waals surface area contributed by atoms with E-state index in [1.807, 2.05) is 18.2 Å². The molecule has 1 aromatic rings. The quantitative estimate of drug-likeness (QED) is 0.837. The lowest BCUT2D eigenvalue weighted by atomic mass is 9.81. The average molecular weight is 274 g/mol. The molecule has 1 saturated carbocycles. The van der Waals surface area contributed by atoms with Crippen molar-refractivity contribution in [1.82, 2.24) is 5.32 Å². The predicted octanol–water partition coefficient (Wildman–Crippen LogP) is 3.09. The van der Waals surface area contributed by atoms with Gasteiger partial charge in [-0.2, -0.15) is 0 Å². The summed E-state index contributed by atoms with van der Waals surface area (Å²) in [4.78, 5) is 11.1. The lowest BCUT2D eigenvalue weighted by Gasteiger charge is -2.27. The number of carbonyl (C=O) groups excluding carboxylic acids is 1. The molecule has 1 aromatic carbocycles. The van der Waals surface area contributed by atoms with Crippen LogP contribution in [-0.4, -0.2) is 12.5 Å². The molecule has 0 heterocycles. The van der Waals surface area contributed by atoms with Crippen molar-refractivity contribution < 1.29 is 4.79 Å². The molecule has 2 rings (SSSR count). The molecule has 0 radical (unpaired) electrons. The van der Waals surface area contributed by atoms with Crippen molar-refractivity contribution in [3.8, 4) is 0 Å². The third kappa shape index (κ3) is 4.34. The maximum atomic E-state index is 11.1. The Bertz CT molecular complexity index is 436. The molecule has 0 spiro atoms. The van der Waals surface area contributed by atoms with Crippen LogP contribution in [0.5, 0.6) is 0 Å². The van der Waals surface area contributed by atoms with Gasteiger partial charge in [-0.15, -0.1) is 0 Å². The van der Waals surface area contributed by atoms with Crippen molar-refractivity contribution in [3.05, 3.63) is 35.4 Å². The Hall–Kier alpha value is -1.35. The van der Waals surface area contributed by atoms with E-state index in [0.717, 1.165) is 30.5 Å². The van der Waals surface area contributed by atoms with Gasteiger partial charge in [-0.1, -0.05) is 38.3 Å². The summed E-state index contributed by atoms with van der Waals surface area (Å²) >= 11 is 0. The summed E-state index contributed by atoms with van der Waals surface area (Å²) in [5, 5.41) is 3.52. The highest BCUT2D eigenvalue weighted by Crippen LogP contribution is 2.30. The Morgan fingerprint density at radius 1 is 1.25 bits per heavy atom. The van der Waals surface area contributed by atoms with Gasteiger partial charge in [0, 0.05) is 12.1 Å². The number of primary amides is 1. The van der Waals surface area contributed by atoms with E-state index in [-0.39, 0.29) is 5.91 Å². The van der Waals surface area contributed by atoms with Gasteiger partial charge in [0.2, 0.25) is 5.91 Å². The van der Waals surface area contributed by atoms with Gasteiger partial charge in [0.15, 0.2) is 0 Å². The molecule has 3 heteroatoms. The molecular formula is C17H26N2O. The number of nitrogens with one attached hydrogen (secondary N) is 1. The molecule has 0 bridgehead atoms. The number of rotatable bonds is 6. The fourth-order valence-corrected chi connectivity index (χ4v) is 3.10. The number of benzene rings is 1. The molecule has 0 aromatic heterocycles. The summed E-state index contributed by atoms with van der Waals surface area (Å²) in [6.45, 7) is 4.20. The second kappa shape index (κ2) is 7.44. The molecule has 0 aliphatic heterocycles. The molecule has 110 valence electrons. The lowest BCUT2D eigenvalue weighted by molar-refractivity contribution is 0.1000. The molecular weight excluding hydrogens is 248 g/mol. The second-order valence-electron chi connectivity index (χ2n) is 5.99. The van der Waals surface area contributed by atoms with E-state index < -0.39 is 0 Å². The van der Waals surface area contributed by atoms with Crippen LogP contribution in [0, 0.1) is 11.8 Å². The van der Waals surface area contributed by atoms with Crippen LogP contribution < -0.4 is 11.1 Å². The van der Waals surface area contributed by atoms with E-state index >= 15 is 0 Å². The highest BCUT2D eigenvalue weighted by molar-refractivity contribution is 5.92. The van der Waals surface area contributed by atoms with E-state index in [0.29, 0.717) is 5.56 Å². The molecule has 1 aliphatic rings. The van der Waals surface area contributed by atoms with E-state index in [2.05, 4.69) is 12.2 Å². The number of nitrogens with two attached hydrogens (primary N) is 1. The van der Waals surface area contributed by atoms with Crippen LogP contribution in [0.25, 0.3) is 0 Å². The van der Waals surface area contributed by atoms with Crippen LogP contribution >= 0.6 is 0 Å². The zero-order valence-corrected chi connectivity index (χ0v) is 12.4. The summed E-state index contributed by atoms with van der Waals surface area (Å²) in [5.41, 5.74) is 7.01. The van der Waals surface area contributed by atoms with Crippen molar-refractivity contribution in [2.24, 2.45) is 17.6 Å². The van der Waals surface area contributed by atoms with Gasteiger partial charge in [0.1, 0.15) is 0 Å². The van der Waals surface area contributed by atoms with Crippen LogP contribution in [0.4, 0.5) is 0 Å². The molecule has 0 saturated heterocycles. The molecule has 3 nitrogen and oxygen atoms in total. The Morgan fingerprint density at radius 2 is 1.95 bits per heavy atom. The summed E-state index contributed by atoms with van der Waals surface area (Å²) < 4.78 is 0. The molecule has 0 unspecified atom stereocenters. The van der Waals surface area contributed by atoms with Crippen molar-refractivity contribution >= 4 is 5.91 Å². The van der Waals surface area contributed by atoms with Crippen LogP contribution in [-0.2, 0) is 6.54 Å². The number of hydrogen-bond acceptors (Lipinski definition) is 2. The Kier molecular flexibility index (Phi) is 5.60. The monoisotopic (exact) mass is 274 g/mol. The molecule has 1 amide bonds. The highest BCUT2D eigenvalue weighted by Gasteiger charge is 2.19. The Balaban J connectivity index is 1.73. The van der Waals surface area contributed by atoms with E-state index in [1.165, 1.54) is 32.1 Å². The summed E-state index contributed by atoms with van der Waals surface area (Å²) in [7, 11) is 0. The maximum Gasteiger partial charge on any atom is 0.248 e. The first kappa shape index (κ1) is 15.0. The predicted molar refractivity (Wildman–Crippen MR) is 82.4 cm³/mol. The molecule has 20 heavy (non-hydrogen) atoms. The average Bonchev–Trinajstić information content (AvgIpc) is 2.48. The topological polar surface area (TPSA) is 55.1 Å². The minimum absolute atomic E-state index is 0.357. The molecule has 1 fully saturated rings. The first-order valence-corrected chi connectivity index (χ1v) is 7.78. The van der Waals surface area contributed by atoms with Gasteiger partial charge in [0.05, 0.1) is 0 Å². The molecule has 3 N–H and O–H groups in total. The maximum absolute atomic E-state index is 11.1. The lowest BCUT2D eigenvalue weighted by Crippen LogP contribution is -2.26. The van der Waals surface area contributed by atoms with Gasteiger partial charge >= 0.3 is 0 Å². The normalized spacial score (nSPS) is 22.6. The first-order chi connectivity index (χ1) is 9.69.